The van der Waals surface area contributed by atoms with Crippen LogP contribution in [0.15, 0.2) is 0 Å². The Morgan fingerprint density at radius 2 is 2.00 bits per heavy atom. The summed E-state index contributed by atoms with van der Waals surface area (Å²) in [7, 11) is 0. The average molecular weight is 165 g/mol. The van der Waals surface area contributed by atoms with E-state index in [0.29, 0.717) is 0 Å². The van der Waals surface area contributed by atoms with Crippen LogP contribution < -0.4 is 0 Å². The van der Waals surface area contributed by atoms with E-state index in [1.807, 2.05) is 0 Å². The molecule has 0 aliphatic rings. The molecule has 0 bridgehead atoms. The molecule has 0 rings (SSSR count). The minimum atomic E-state index is 0.887. The Kier molecular flexibility index (Phi) is 5.02. The van der Waals surface area contributed by atoms with E-state index in [0.717, 1.165) is 4.82 Å². The Labute approximate surface area is 54.5 Å². The number of hydrogen-bond donors (Lipinski definition) is 0. The Hall–Kier alpha value is 0.519. The van der Waals surface area contributed by atoms with E-state index < -0.39 is 0 Å². The van der Waals surface area contributed by atoms with Crippen LogP contribution >= 0.6 is 0 Å². The molecule has 0 aromatic carbocycles. The van der Waals surface area contributed by atoms with Crippen molar-refractivity contribution in [3.05, 3.63) is 0 Å². The van der Waals surface area contributed by atoms with Gasteiger partial charge in [-0.15, -0.1) is 0 Å². The van der Waals surface area contributed by atoms with Gasteiger partial charge in [0, 0.05) is 0 Å². The van der Waals surface area contributed by atoms with Crippen molar-refractivity contribution >= 4 is 16.0 Å². The summed E-state index contributed by atoms with van der Waals surface area (Å²) in [6.45, 7) is 4.47. The molecule has 0 aliphatic carbocycles. The fraction of sp³-hybridized carbons (Fsp3) is 1.00. The van der Waals surface area contributed by atoms with Crippen molar-refractivity contribution in [2.24, 2.45) is 0 Å². The Balaban J connectivity index is 2.83. The summed E-state index contributed by atoms with van der Waals surface area (Å²) in [5.74, 6) is 0. The van der Waals surface area contributed by atoms with Crippen LogP contribution in [0.2, 0.25) is 4.82 Å². The van der Waals surface area contributed by atoms with E-state index in [-0.39, 0.29) is 0 Å². The van der Waals surface area contributed by atoms with Gasteiger partial charge in [0.15, 0.2) is 0 Å². The van der Waals surface area contributed by atoms with E-state index >= 15 is 0 Å². The number of hydrogen-bond acceptors (Lipinski definition) is 0. The molecular weight excluding hydrogens is 151 g/mol. The van der Waals surface area contributed by atoms with Gasteiger partial charge in [0.1, 0.15) is 0 Å². The zero-order chi connectivity index (χ0) is 5.70. The second-order valence-corrected chi connectivity index (χ2v) is 3.38. The summed E-state index contributed by atoms with van der Waals surface area (Å²) in [6, 6.07) is 0. The summed E-state index contributed by atoms with van der Waals surface area (Å²) >= 11 is 2.72. The molecule has 0 aromatic heterocycles. The monoisotopic (exact) mass is 166 g/mol. The Morgan fingerprint density at radius 1 is 1.43 bits per heavy atom. The van der Waals surface area contributed by atoms with Gasteiger partial charge in [-0.3, -0.25) is 0 Å². The van der Waals surface area contributed by atoms with Crippen molar-refractivity contribution in [3.63, 3.8) is 0 Å². The molecule has 0 spiro atoms. The van der Waals surface area contributed by atoms with Crippen molar-refractivity contribution in [2.75, 3.05) is 0 Å². The molecule has 0 radical (unpaired) electrons. The molecule has 0 nitrogen and oxygen atoms in total. The Morgan fingerprint density at radius 3 is 2.14 bits per heavy atom. The Bertz CT molecular complexity index is 35.2. The summed E-state index contributed by atoms with van der Waals surface area (Å²) < 4.78 is 0. The van der Waals surface area contributed by atoms with Crippen LogP contribution in [0.4, 0.5) is 0 Å². The molecule has 0 saturated carbocycles. The average Bonchev–Trinajstić information content (AvgIpc) is 1.68. The molecule has 0 N–H and O–H groups in total. The van der Waals surface area contributed by atoms with Gasteiger partial charge in [0.25, 0.3) is 0 Å². The van der Waals surface area contributed by atoms with E-state index in [1.165, 1.54) is 19.3 Å². The SMILES string of the molecule is CCCC([SeH])CC. The van der Waals surface area contributed by atoms with Crippen LogP contribution in [0.3, 0.4) is 0 Å². The molecule has 0 saturated heterocycles. The van der Waals surface area contributed by atoms with E-state index in [9.17, 15) is 0 Å². The second kappa shape index (κ2) is 4.67. The molecule has 0 amide bonds. The van der Waals surface area contributed by atoms with E-state index in [1.54, 1.807) is 0 Å². The second-order valence-electron chi connectivity index (χ2n) is 1.85. The third kappa shape index (κ3) is 4.37. The molecular formula is C6H14Se. The van der Waals surface area contributed by atoms with Gasteiger partial charge in [-0.05, 0) is 0 Å². The normalized spacial score (nSPS) is 14.1. The minimum absolute atomic E-state index is 0.887. The summed E-state index contributed by atoms with van der Waals surface area (Å²) in [5, 5.41) is 0. The maximum absolute atomic E-state index is 2.72. The van der Waals surface area contributed by atoms with Gasteiger partial charge in [-0.25, -0.2) is 0 Å². The molecule has 0 fully saturated rings. The van der Waals surface area contributed by atoms with Gasteiger partial charge in [0.2, 0.25) is 0 Å². The summed E-state index contributed by atoms with van der Waals surface area (Å²) in [4.78, 5) is 0.887. The maximum atomic E-state index is 2.72. The fourth-order valence-corrected chi connectivity index (χ4v) is 1.08. The van der Waals surface area contributed by atoms with Crippen LogP contribution in [0.25, 0.3) is 0 Å². The molecule has 1 unspecified atom stereocenters. The summed E-state index contributed by atoms with van der Waals surface area (Å²) in [6.07, 6.45) is 4.01. The fourth-order valence-electron chi connectivity index (χ4n) is 0.537. The first-order valence-corrected chi connectivity index (χ1v) is 4.07. The zero-order valence-corrected chi connectivity index (χ0v) is 7.02. The first-order chi connectivity index (χ1) is 3.31. The van der Waals surface area contributed by atoms with Crippen LogP contribution in [-0.4, -0.2) is 16.0 Å². The quantitative estimate of drug-likeness (QED) is 0.560. The zero-order valence-electron chi connectivity index (χ0n) is 5.15. The van der Waals surface area contributed by atoms with Crippen LogP contribution in [0, 0.1) is 0 Å². The van der Waals surface area contributed by atoms with Crippen molar-refractivity contribution in [2.45, 2.75) is 37.9 Å². The third-order valence-corrected chi connectivity index (χ3v) is 2.40. The van der Waals surface area contributed by atoms with Crippen molar-refractivity contribution in [3.8, 4) is 0 Å². The molecule has 44 valence electrons. The van der Waals surface area contributed by atoms with Crippen LogP contribution in [0.1, 0.15) is 33.1 Å². The molecule has 1 heteroatoms. The van der Waals surface area contributed by atoms with Crippen LogP contribution in [-0.2, 0) is 0 Å². The first-order valence-electron chi connectivity index (χ1n) is 2.99. The molecule has 7 heavy (non-hydrogen) atoms. The molecule has 0 aliphatic heterocycles. The van der Waals surface area contributed by atoms with Gasteiger partial charge in [-0.1, -0.05) is 0 Å². The number of rotatable bonds is 3. The van der Waals surface area contributed by atoms with Crippen molar-refractivity contribution in [1.82, 2.24) is 0 Å². The molecule has 0 aromatic rings. The van der Waals surface area contributed by atoms with Crippen molar-refractivity contribution < 1.29 is 0 Å². The summed E-state index contributed by atoms with van der Waals surface area (Å²) in [5.41, 5.74) is 0. The predicted molar refractivity (Wildman–Crippen MR) is 36.1 cm³/mol. The van der Waals surface area contributed by atoms with Gasteiger partial charge >= 0.3 is 53.9 Å². The predicted octanol–water partition coefficient (Wildman–Crippen LogP) is 1.89. The van der Waals surface area contributed by atoms with Gasteiger partial charge < -0.3 is 0 Å². The standard InChI is InChI=1S/C6H14Se/c1-3-5-6(7)4-2/h6-7H,3-5H2,1-2H3. The van der Waals surface area contributed by atoms with E-state index in [2.05, 4.69) is 29.9 Å². The van der Waals surface area contributed by atoms with Gasteiger partial charge in [0.05, 0.1) is 0 Å². The topological polar surface area (TPSA) is 0 Å². The first kappa shape index (κ1) is 7.52. The van der Waals surface area contributed by atoms with E-state index in [4.69, 9.17) is 0 Å². The third-order valence-electron chi connectivity index (χ3n) is 1.09. The van der Waals surface area contributed by atoms with Crippen LogP contribution in [0.5, 0.6) is 0 Å². The molecule has 0 heterocycles. The van der Waals surface area contributed by atoms with Gasteiger partial charge in [-0.2, -0.15) is 0 Å². The van der Waals surface area contributed by atoms with Crippen molar-refractivity contribution in [1.29, 1.82) is 0 Å². The molecule has 1 atom stereocenters.